The molecule has 3 aromatic rings. The van der Waals surface area contributed by atoms with E-state index in [1.54, 1.807) is 0 Å². The Morgan fingerprint density at radius 2 is 1.42 bits per heavy atom. The summed E-state index contributed by atoms with van der Waals surface area (Å²) in [4.78, 5) is 17.3. The van der Waals surface area contributed by atoms with Crippen LogP contribution in [0.2, 0.25) is 0 Å². The van der Waals surface area contributed by atoms with Crippen LogP contribution in [0.1, 0.15) is 38.7 Å². The molecular formula is C34H45N7OS. The SMILES string of the molecule is C[C@@H]1C[C@H](C)CN(c2cc(N3CCN(c4ccccc4)CC3)nc(NC(=S)NCC3(c4ccccc4)CCOCC3)n2)C1. The summed E-state index contributed by atoms with van der Waals surface area (Å²) in [5.41, 5.74) is 2.59. The van der Waals surface area contributed by atoms with Gasteiger partial charge in [0.1, 0.15) is 11.6 Å². The molecule has 3 aliphatic rings. The minimum absolute atomic E-state index is 0.0162. The fourth-order valence-corrected chi connectivity index (χ4v) is 7.16. The topological polar surface area (TPSA) is 68.8 Å². The summed E-state index contributed by atoms with van der Waals surface area (Å²) >= 11 is 5.84. The van der Waals surface area contributed by atoms with Crippen molar-refractivity contribution in [3.05, 3.63) is 72.3 Å². The third-order valence-corrected chi connectivity index (χ3v) is 9.51. The van der Waals surface area contributed by atoms with Gasteiger partial charge in [-0.15, -0.1) is 0 Å². The number of benzene rings is 2. The van der Waals surface area contributed by atoms with Gasteiger partial charge in [-0.2, -0.15) is 9.97 Å². The van der Waals surface area contributed by atoms with E-state index in [0.29, 0.717) is 22.9 Å². The fourth-order valence-electron chi connectivity index (χ4n) is 7.00. The molecule has 43 heavy (non-hydrogen) atoms. The molecule has 1 aromatic heterocycles. The first-order chi connectivity index (χ1) is 21.0. The normalized spacial score (nSPS) is 22.2. The number of ether oxygens (including phenoxy) is 1. The van der Waals surface area contributed by atoms with Crippen LogP contribution in [-0.4, -0.2) is 74.1 Å². The van der Waals surface area contributed by atoms with Crippen LogP contribution in [0.3, 0.4) is 0 Å². The van der Waals surface area contributed by atoms with Crippen molar-refractivity contribution >= 4 is 40.6 Å². The van der Waals surface area contributed by atoms with Gasteiger partial charge in [-0.1, -0.05) is 62.4 Å². The molecule has 0 saturated carbocycles. The average Bonchev–Trinajstić information content (AvgIpc) is 3.04. The average molecular weight is 600 g/mol. The van der Waals surface area contributed by atoms with E-state index in [1.807, 2.05) is 0 Å². The lowest BCUT2D eigenvalue weighted by Crippen LogP contribution is -2.47. The number of aromatic nitrogens is 2. The minimum Gasteiger partial charge on any atom is -0.381 e. The molecule has 0 aliphatic carbocycles. The number of rotatable bonds is 7. The number of para-hydroxylation sites is 1. The summed E-state index contributed by atoms with van der Waals surface area (Å²) < 4.78 is 5.73. The Labute approximate surface area is 261 Å². The number of piperidine rings is 1. The Morgan fingerprint density at radius 3 is 2.07 bits per heavy atom. The van der Waals surface area contributed by atoms with E-state index in [9.17, 15) is 0 Å². The van der Waals surface area contributed by atoms with Gasteiger partial charge in [-0.25, -0.2) is 0 Å². The van der Waals surface area contributed by atoms with Gasteiger partial charge >= 0.3 is 0 Å². The summed E-state index contributed by atoms with van der Waals surface area (Å²) in [6.45, 7) is 12.7. The maximum Gasteiger partial charge on any atom is 0.232 e. The van der Waals surface area contributed by atoms with Crippen LogP contribution < -0.4 is 25.3 Å². The first kappa shape index (κ1) is 29.6. The van der Waals surface area contributed by atoms with Crippen molar-refractivity contribution in [1.29, 1.82) is 0 Å². The van der Waals surface area contributed by atoms with Gasteiger partial charge in [-0.3, -0.25) is 0 Å². The van der Waals surface area contributed by atoms with Gasteiger partial charge in [0.25, 0.3) is 0 Å². The molecule has 2 N–H and O–H groups in total. The van der Waals surface area contributed by atoms with Crippen LogP contribution in [0.4, 0.5) is 23.3 Å². The fraction of sp³-hybridized carbons (Fsp3) is 0.500. The van der Waals surface area contributed by atoms with E-state index in [1.165, 1.54) is 17.7 Å². The van der Waals surface area contributed by atoms with Crippen molar-refractivity contribution in [2.45, 2.75) is 38.5 Å². The maximum absolute atomic E-state index is 5.84. The molecule has 6 rings (SSSR count). The number of nitrogens with zero attached hydrogens (tertiary/aromatic N) is 5. The maximum atomic E-state index is 5.84. The van der Waals surface area contributed by atoms with Crippen molar-refractivity contribution in [2.24, 2.45) is 11.8 Å². The van der Waals surface area contributed by atoms with Gasteiger partial charge in [0.05, 0.1) is 0 Å². The molecule has 0 radical (unpaired) electrons. The molecule has 0 bridgehead atoms. The van der Waals surface area contributed by atoms with Crippen LogP contribution in [0.5, 0.6) is 0 Å². The Hall–Kier alpha value is -3.43. The van der Waals surface area contributed by atoms with Crippen molar-refractivity contribution in [3.8, 4) is 0 Å². The molecule has 9 heteroatoms. The van der Waals surface area contributed by atoms with Crippen molar-refractivity contribution < 1.29 is 4.74 Å². The van der Waals surface area contributed by atoms with Gasteiger partial charge in [0.15, 0.2) is 5.11 Å². The molecule has 3 aliphatic heterocycles. The second-order valence-corrected chi connectivity index (χ2v) is 13.0. The summed E-state index contributed by atoms with van der Waals surface area (Å²) in [6, 6.07) is 23.6. The van der Waals surface area contributed by atoms with E-state index in [0.717, 1.165) is 83.5 Å². The Bertz CT molecular complexity index is 1330. The lowest BCUT2D eigenvalue weighted by atomic mass is 9.74. The molecule has 0 amide bonds. The van der Waals surface area contributed by atoms with E-state index in [2.05, 4.69) is 106 Å². The monoisotopic (exact) mass is 599 g/mol. The van der Waals surface area contributed by atoms with Crippen LogP contribution in [0, 0.1) is 11.8 Å². The molecule has 228 valence electrons. The zero-order valence-electron chi connectivity index (χ0n) is 25.5. The van der Waals surface area contributed by atoms with Crippen LogP contribution in [-0.2, 0) is 10.2 Å². The van der Waals surface area contributed by atoms with Gasteiger partial charge in [0, 0.05) is 76.2 Å². The third kappa shape index (κ3) is 7.21. The Morgan fingerprint density at radius 1 is 0.837 bits per heavy atom. The van der Waals surface area contributed by atoms with E-state index >= 15 is 0 Å². The predicted octanol–water partition coefficient (Wildman–Crippen LogP) is 5.32. The van der Waals surface area contributed by atoms with Crippen LogP contribution in [0.25, 0.3) is 0 Å². The van der Waals surface area contributed by atoms with Crippen molar-refractivity contribution in [3.63, 3.8) is 0 Å². The van der Waals surface area contributed by atoms with E-state index in [-0.39, 0.29) is 5.41 Å². The van der Waals surface area contributed by atoms with Crippen LogP contribution in [0.15, 0.2) is 66.7 Å². The number of thiocarbonyl (C=S) groups is 1. The number of nitrogens with one attached hydrogen (secondary N) is 2. The van der Waals surface area contributed by atoms with Gasteiger partial charge < -0.3 is 30.1 Å². The quantitative estimate of drug-likeness (QED) is 0.351. The number of piperazine rings is 1. The lowest BCUT2D eigenvalue weighted by Gasteiger charge is -2.39. The molecule has 3 fully saturated rings. The van der Waals surface area contributed by atoms with E-state index in [4.69, 9.17) is 26.9 Å². The van der Waals surface area contributed by atoms with Gasteiger partial charge in [-0.05, 0) is 61.0 Å². The molecular weight excluding hydrogens is 554 g/mol. The van der Waals surface area contributed by atoms with Gasteiger partial charge in [0.2, 0.25) is 5.95 Å². The molecule has 8 nitrogen and oxygen atoms in total. The van der Waals surface area contributed by atoms with Crippen LogP contribution >= 0.6 is 12.2 Å². The Balaban J connectivity index is 1.19. The highest BCUT2D eigenvalue weighted by Gasteiger charge is 2.34. The number of anilines is 4. The minimum atomic E-state index is -0.0162. The van der Waals surface area contributed by atoms with Crippen molar-refractivity contribution in [2.75, 3.05) is 79.0 Å². The second kappa shape index (κ2) is 13.5. The largest absolute Gasteiger partial charge is 0.381 e. The summed E-state index contributed by atoms with van der Waals surface area (Å²) in [6.07, 6.45) is 3.18. The zero-order chi connectivity index (χ0) is 29.6. The Kier molecular flexibility index (Phi) is 9.28. The summed E-state index contributed by atoms with van der Waals surface area (Å²) in [5.74, 6) is 3.75. The lowest BCUT2D eigenvalue weighted by molar-refractivity contribution is 0.0515. The van der Waals surface area contributed by atoms with E-state index < -0.39 is 0 Å². The smallest absolute Gasteiger partial charge is 0.232 e. The molecule has 0 unspecified atom stereocenters. The predicted molar refractivity (Wildman–Crippen MR) is 180 cm³/mol. The highest BCUT2D eigenvalue weighted by atomic mass is 32.1. The number of hydrogen-bond donors (Lipinski definition) is 2. The molecule has 4 heterocycles. The molecule has 2 aromatic carbocycles. The summed E-state index contributed by atoms with van der Waals surface area (Å²) in [5, 5.41) is 7.45. The molecule has 2 atom stereocenters. The zero-order valence-corrected chi connectivity index (χ0v) is 26.4. The first-order valence-electron chi connectivity index (χ1n) is 15.8. The summed E-state index contributed by atoms with van der Waals surface area (Å²) in [7, 11) is 0. The highest BCUT2D eigenvalue weighted by molar-refractivity contribution is 7.80. The standard InChI is InChI=1S/C34H45N7OS/c1-26-21-27(2)24-41(23-26)31-22-30(40-17-15-39(16-18-40)29-11-7-4-8-12-29)36-32(37-31)38-33(43)35-25-34(13-19-42-20-14-34)28-9-5-3-6-10-28/h3-12,22,26-27H,13-21,23-25H2,1-2H3,(H2,35,36,37,38,43)/t26-,27+. The second-order valence-electron chi connectivity index (χ2n) is 12.6. The third-order valence-electron chi connectivity index (χ3n) is 9.27. The number of hydrogen-bond acceptors (Lipinski definition) is 7. The highest BCUT2D eigenvalue weighted by Crippen LogP contribution is 2.34. The first-order valence-corrected chi connectivity index (χ1v) is 16.3. The molecule has 3 saturated heterocycles. The molecule has 0 spiro atoms. The van der Waals surface area contributed by atoms with Crippen molar-refractivity contribution in [1.82, 2.24) is 15.3 Å².